The Morgan fingerprint density at radius 3 is 2.35 bits per heavy atom. The molecular weight excluding hydrogens is 723 g/mol. The first-order valence-electron chi connectivity index (χ1n) is 17.8. The first kappa shape index (κ1) is 37.0. The predicted octanol–water partition coefficient (Wildman–Crippen LogP) is 9.50. The van der Waals surface area contributed by atoms with Crippen molar-refractivity contribution >= 4 is 46.3 Å². The molecule has 1 fully saturated rings. The summed E-state index contributed by atoms with van der Waals surface area (Å²) in [6, 6.07) is 29.4. The molecule has 0 radical (unpaired) electrons. The van der Waals surface area contributed by atoms with Gasteiger partial charge in [-0.25, -0.2) is 4.98 Å². The lowest BCUT2D eigenvalue weighted by atomic mass is 10.1. The molecule has 6 aromatic rings. The number of halogens is 2. The molecule has 2 aromatic heterocycles. The van der Waals surface area contributed by atoms with E-state index in [2.05, 4.69) is 58.2 Å². The van der Waals surface area contributed by atoms with Gasteiger partial charge < -0.3 is 23.5 Å². The lowest BCUT2D eigenvalue weighted by Gasteiger charge is -2.34. The summed E-state index contributed by atoms with van der Waals surface area (Å²) in [5, 5.41) is 1.03. The van der Waals surface area contributed by atoms with Crippen LogP contribution in [-0.4, -0.2) is 58.5 Å². The van der Waals surface area contributed by atoms with Crippen LogP contribution in [0.15, 0.2) is 108 Å². The van der Waals surface area contributed by atoms with Crippen LogP contribution < -0.4 is 14.2 Å². The topological polar surface area (TPSA) is 90.2 Å². The number of amides is 1. The maximum atomic E-state index is 13.1. The van der Waals surface area contributed by atoms with Gasteiger partial charge in [-0.2, -0.15) is 4.98 Å². The normalized spacial score (nSPS) is 13.4. The summed E-state index contributed by atoms with van der Waals surface area (Å²) in [4.78, 5) is 26.1. The van der Waals surface area contributed by atoms with Crippen molar-refractivity contribution in [3.63, 3.8) is 0 Å². The van der Waals surface area contributed by atoms with E-state index in [0.29, 0.717) is 64.8 Å². The fourth-order valence-electron chi connectivity index (χ4n) is 6.12. The van der Waals surface area contributed by atoms with Crippen molar-refractivity contribution < 1.29 is 23.4 Å². The molecule has 0 N–H and O–H groups in total. The number of aryl methyl sites for hydroxylation is 2. The Morgan fingerprint density at radius 2 is 1.61 bits per heavy atom. The van der Waals surface area contributed by atoms with Gasteiger partial charge in [0.15, 0.2) is 11.3 Å². The molecule has 3 heterocycles. The molecule has 0 aliphatic carbocycles. The number of ether oxygens (including phenoxy) is 3. The molecule has 276 valence electrons. The van der Waals surface area contributed by atoms with Crippen LogP contribution in [0.1, 0.15) is 33.4 Å². The largest absolute Gasteiger partial charge is 0.487 e. The SMILES string of the molecule is Cc1ccc(COc2ccc(Oc3c(C)cc(/C=C/C(=O)N4CCN(Cc5ccc(CCOc6nc7ccc(Cl)cc7o6)cc5)CC4)cc3Cl)nc2)cc1. The molecule has 54 heavy (non-hydrogen) atoms. The maximum Gasteiger partial charge on any atom is 0.394 e. The van der Waals surface area contributed by atoms with Crippen LogP contribution in [0, 0.1) is 13.8 Å². The first-order chi connectivity index (χ1) is 26.2. The number of oxazole rings is 1. The molecule has 11 heteroatoms. The van der Waals surface area contributed by atoms with Crippen LogP contribution in [-0.2, 0) is 24.4 Å². The molecule has 0 spiro atoms. The van der Waals surface area contributed by atoms with E-state index in [4.69, 9.17) is 41.8 Å². The van der Waals surface area contributed by atoms with E-state index in [-0.39, 0.29) is 12.0 Å². The molecule has 1 aliphatic rings. The molecule has 0 bridgehead atoms. The van der Waals surface area contributed by atoms with Gasteiger partial charge in [-0.1, -0.05) is 77.3 Å². The molecular formula is C43H40Cl2N4O5. The van der Waals surface area contributed by atoms with Gasteiger partial charge in [0.2, 0.25) is 11.8 Å². The highest BCUT2D eigenvalue weighted by Crippen LogP contribution is 2.34. The summed E-state index contributed by atoms with van der Waals surface area (Å²) < 4.78 is 23.2. The quantitative estimate of drug-likeness (QED) is 0.108. The zero-order valence-electron chi connectivity index (χ0n) is 30.1. The van der Waals surface area contributed by atoms with Gasteiger partial charge in [0.1, 0.15) is 17.9 Å². The fourth-order valence-corrected chi connectivity index (χ4v) is 6.59. The van der Waals surface area contributed by atoms with Crippen molar-refractivity contribution in [3.05, 3.63) is 147 Å². The van der Waals surface area contributed by atoms with Gasteiger partial charge >= 0.3 is 6.08 Å². The minimum Gasteiger partial charge on any atom is -0.487 e. The van der Waals surface area contributed by atoms with Crippen LogP contribution in [0.3, 0.4) is 0 Å². The van der Waals surface area contributed by atoms with Crippen molar-refractivity contribution in [1.29, 1.82) is 0 Å². The number of nitrogens with zero attached hydrogens (tertiary/aromatic N) is 4. The van der Waals surface area contributed by atoms with E-state index in [1.54, 1.807) is 42.6 Å². The second kappa shape index (κ2) is 17.2. The molecule has 0 saturated carbocycles. The molecule has 0 unspecified atom stereocenters. The Kier molecular flexibility index (Phi) is 11.8. The Bertz CT molecular complexity index is 2210. The number of carbonyl (C=O) groups is 1. The molecule has 1 amide bonds. The lowest BCUT2D eigenvalue weighted by Crippen LogP contribution is -2.47. The second-order valence-electron chi connectivity index (χ2n) is 13.3. The van der Waals surface area contributed by atoms with E-state index < -0.39 is 0 Å². The average Bonchev–Trinajstić information content (AvgIpc) is 3.58. The second-order valence-corrected chi connectivity index (χ2v) is 14.1. The highest BCUT2D eigenvalue weighted by atomic mass is 35.5. The highest BCUT2D eigenvalue weighted by molar-refractivity contribution is 6.32. The van der Waals surface area contributed by atoms with E-state index >= 15 is 0 Å². The number of piperazine rings is 1. The third-order valence-corrected chi connectivity index (χ3v) is 9.69. The van der Waals surface area contributed by atoms with Crippen LogP contribution in [0.5, 0.6) is 23.5 Å². The Hall–Kier alpha value is -5.35. The number of hydrogen-bond acceptors (Lipinski definition) is 8. The minimum atomic E-state index is -0.0224. The van der Waals surface area contributed by atoms with Crippen LogP contribution in [0.2, 0.25) is 10.0 Å². The maximum absolute atomic E-state index is 13.1. The number of hydrogen-bond donors (Lipinski definition) is 0. The lowest BCUT2D eigenvalue weighted by molar-refractivity contribution is -0.127. The van der Waals surface area contributed by atoms with E-state index in [0.717, 1.165) is 42.7 Å². The van der Waals surface area contributed by atoms with Gasteiger partial charge in [0, 0.05) is 62.4 Å². The molecule has 1 saturated heterocycles. The van der Waals surface area contributed by atoms with Crippen LogP contribution in [0.25, 0.3) is 17.2 Å². The molecule has 4 aromatic carbocycles. The zero-order valence-corrected chi connectivity index (χ0v) is 31.6. The summed E-state index contributed by atoms with van der Waals surface area (Å²) in [6.07, 6.45) is 6.02. The van der Waals surface area contributed by atoms with Gasteiger partial charge in [-0.05, 0) is 78.1 Å². The number of fused-ring (bicyclic) bond motifs is 1. The molecule has 7 rings (SSSR count). The van der Waals surface area contributed by atoms with E-state index in [1.165, 1.54) is 16.7 Å². The average molecular weight is 764 g/mol. The van der Waals surface area contributed by atoms with Gasteiger partial charge in [0.05, 0.1) is 17.8 Å². The van der Waals surface area contributed by atoms with Gasteiger partial charge in [-0.15, -0.1) is 0 Å². The van der Waals surface area contributed by atoms with E-state index in [9.17, 15) is 4.79 Å². The summed E-state index contributed by atoms with van der Waals surface area (Å²) in [5.74, 6) is 1.55. The van der Waals surface area contributed by atoms with Gasteiger partial charge in [0.25, 0.3) is 0 Å². The van der Waals surface area contributed by atoms with Crippen molar-refractivity contribution in [1.82, 2.24) is 19.8 Å². The monoisotopic (exact) mass is 762 g/mol. The number of pyridine rings is 1. The van der Waals surface area contributed by atoms with Crippen molar-refractivity contribution in [2.45, 2.75) is 33.4 Å². The van der Waals surface area contributed by atoms with Crippen molar-refractivity contribution in [2.24, 2.45) is 0 Å². The predicted molar refractivity (Wildman–Crippen MR) is 212 cm³/mol. The Labute approximate surface area is 324 Å². The molecule has 0 atom stereocenters. The minimum absolute atomic E-state index is 0.0224. The van der Waals surface area contributed by atoms with Crippen molar-refractivity contribution in [3.8, 4) is 23.5 Å². The summed E-state index contributed by atoms with van der Waals surface area (Å²) in [5.41, 5.74) is 7.66. The number of carbonyl (C=O) groups excluding carboxylic acids is 1. The van der Waals surface area contributed by atoms with Crippen LogP contribution >= 0.6 is 23.2 Å². The summed E-state index contributed by atoms with van der Waals surface area (Å²) in [7, 11) is 0. The third kappa shape index (κ3) is 9.79. The highest BCUT2D eigenvalue weighted by Gasteiger charge is 2.20. The van der Waals surface area contributed by atoms with Crippen LogP contribution in [0.4, 0.5) is 0 Å². The van der Waals surface area contributed by atoms with E-state index in [1.807, 2.05) is 42.2 Å². The fraction of sp³-hybridized carbons (Fsp3) is 0.233. The third-order valence-electron chi connectivity index (χ3n) is 9.17. The first-order valence-corrected chi connectivity index (χ1v) is 18.6. The number of aromatic nitrogens is 2. The smallest absolute Gasteiger partial charge is 0.394 e. The summed E-state index contributed by atoms with van der Waals surface area (Å²) in [6.45, 7) is 8.64. The van der Waals surface area contributed by atoms with Crippen molar-refractivity contribution in [2.75, 3.05) is 32.8 Å². The number of benzene rings is 4. The standard InChI is InChI=1S/C43H40Cl2N4O5/c1-29-3-5-33(6-4-29)28-52-36-13-15-40(46-26-36)54-42-30(2)23-34(24-37(42)45)11-16-41(50)49-20-18-48(19-21-49)27-32-9-7-31(8-10-32)17-22-51-43-47-38-14-12-35(44)25-39(38)53-43/h3-16,23-26H,17-22,27-28H2,1-2H3/b16-11+. The van der Waals surface area contributed by atoms with Gasteiger partial charge in [-0.3, -0.25) is 9.69 Å². The molecule has 9 nitrogen and oxygen atoms in total. The Morgan fingerprint density at radius 1 is 0.852 bits per heavy atom. The Balaban J connectivity index is 0.836. The summed E-state index contributed by atoms with van der Waals surface area (Å²) >= 11 is 12.7. The molecule has 1 aliphatic heterocycles. The number of rotatable bonds is 13. The zero-order chi connectivity index (χ0) is 37.4.